The second kappa shape index (κ2) is 6.34. The molecule has 0 saturated carbocycles. The summed E-state index contributed by atoms with van der Waals surface area (Å²) in [5.41, 5.74) is -0.105. The number of carbonyl (C=O) groups excluding carboxylic acids is 2. The van der Waals surface area contributed by atoms with Crippen molar-refractivity contribution in [3.63, 3.8) is 0 Å². The fourth-order valence-corrected chi connectivity index (χ4v) is 2.31. The Hall–Kier alpha value is -2.11. The molecular weight excluding hydrogens is 287 g/mol. The van der Waals surface area contributed by atoms with E-state index in [1.165, 1.54) is 24.3 Å². The van der Waals surface area contributed by atoms with E-state index < -0.39 is 11.7 Å². The number of hydrogen-bond donors (Lipinski definition) is 1. The summed E-state index contributed by atoms with van der Waals surface area (Å²) in [7, 11) is 0. The van der Waals surface area contributed by atoms with E-state index in [-0.39, 0.29) is 17.8 Å². The lowest BCUT2D eigenvalue weighted by Crippen LogP contribution is -2.41. The summed E-state index contributed by atoms with van der Waals surface area (Å²) in [6.45, 7) is 6.37. The largest absolute Gasteiger partial charge is 0.444 e. The molecule has 1 heterocycles. The molecule has 2 rings (SSSR count). The lowest BCUT2D eigenvalue weighted by atomic mass is 10.2. The maximum Gasteiger partial charge on any atom is 0.407 e. The Morgan fingerprint density at radius 1 is 1.27 bits per heavy atom. The summed E-state index contributed by atoms with van der Waals surface area (Å²) in [5.74, 6) is -0.532. The van der Waals surface area contributed by atoms with Crippen LogP contribution in [0.1, 0.15) is 37.6 Å². The van der Waals surface area contributed by atoms with E-state index in [4.69, 9.17) is 4.74 Å². The van der Waals surface area contributed by atoms with Gasteiger partial charge in [0.05, 0.1) is 6.04 Å². The van der Waals surface area contributed by atoms with Gasteiger partial charge >= 0.3 is 6.09 Å². The van der Waals surface area contributed by atoms with Crippen molar-refractivity contribution in [2.24, 2.45) is 0 Å². The van der Waals surface area contributed by atoms with Crippen molar-refractivity contribution < 1.29 is 18.7 Å². The summed E-state index contributed by atoms with van der Waals surface area (Å²) < 4.78 is 18.1. The quantitative estimate of drug-likeness (QED) is 0.913. The van der Waals surface area contributed by atoms with Crippen LogP contribution in [0.5, 0.6) is 0 Å². The lowest BCUT2D eigenvalue weighted by Gasteiger charge is -2.22. The highest BCUT2D eigenvalue weighted by Gasteiger charge is 2.29. The second-order valence-corrected chi connectivity index (χ2v) is 6.39. The van der Waals surface area contributed by atoms with E-state index in [1.807, 2.05) is 0 Å². The molecule has 1 atom stereocenters. The number of rotatable bonds is 2. The van der Waals surface area contributed by atoms with Gasteiger partial charge in [0.15, 0.2) is 0 Å². The third-order valence-electron chi connectivity index (χ3n) is 3.29. The summed E-state index contributed by atoms with van der Waals surface area (Å²) >= 11 is 0. The molecule has 1 aromatic carbocycles. The first-order chi connectivity index (χ1) is 10.2. The normalized spacial score (nSPS) is 18.2. The summed E-state index contributed by atoms with van der Waals surface area (Å²) in [6.07, 6.45) is 0.195. The van der Waals surface area contributed by atoms with Crippen molar-refractivity contribution in [1.29, 1.82) is 0 Å². The Morgan fingerprint density at radius 3 is 2.50 bits per heavy atom. The first-order valence-corrected chi connectivity index (χ1v) is 7.29. The van der Waals surface area contributed by atoms with Gasteiger partial charge in [-0.05, 0) is 51.5 Å². The van der Waals surface area contributed by atoms with Gasteiger partial charge in [0.2, 0.25) is 0 Å². The molecule has 0 radical (unpaired) electrons. The maximum atomic E-state index is 12.9. The van der Waals surface area contributed by atoms with Gasteiger partial charge in [-0.3, -0.25) is 4.79 Å². The maximum absolute atomic E-state index is 12.9. The molecule has 1 fully saturated rings. The second-order valence-electron chi connectivity index (χ2n) is 6.39. The minimum Gasteiger partial charge on any atom is -0.444 e. The fourth-order valence-electron chi connectivity index (χ4n) is 2.31. The predicted molar refractivity (Wildman–Crippen MR) is 80.1 cm³/mol. The zero-order valence-corrected chi connectivity index (χ0v) is 13.1. The highest BCUT2D eigenvalue weighted by Crippen LogP contribution is 2.15. The van der Waals surface area contributed by atoms with Crippen LogP contribution in [0.2, 0.25) is 0 Å². The molecule has 0 aromatic heterocycles. The third-order valence-corrected chi connectivity index (χ3v) is 3.29. The molecule has 0 unspecified atom stereocenters. The summed E-state index contributed by atoms with van der Waals surface area (Å²) in [5, 5.41) is 2.77. The van der Waals surface area contributed by atoms with Crippen LogP contribution in [0.3, 0.4) is 0 Å². The fraction of sp³-hybridized carbons (Fsp3) is 0.500. The number of amides is 2. The topological polar surface area (TPSA) is 58.6 Å². The molecule has 1 N–H and O–H groups in total. The van der Waals surface area contributed by atoms with Crippen molar-refractivity contribution in [3.8, 4) is 0 Å². The first kappa shape index (κ1) is 16.3. The minimum atomic E-state index is -0.549. The van der Waals surface area contributed by atoms with Crippen molar-refractivity contribution in [3.05, 3.63) is 35.6 Å². The number of ether oxygens (including phenoxy) is 1. The molecule has 0 spiro atoms. The van der Waals surface area contributed by atoms with Crippen LogP contribution in [0.25, 0.3) is 0 Å². The smallest absolute Gasteiger partial charge is 0.407 e. The molecule has 22 heavy (non-hydrogen) atoms. The lowest BCUT2D eigenvalue weighted by molar-refractivity contribution is 0.0502. The van der Waals surface area contributed by atoms with Crippen LogP contribution < -0.4 is 5.32 Å². The van der Waals surface area contributed by atoms with Crippen molar-refractivity contribution >= 4 is 12.0 Å². The molecule has 1 saturated heterocycles. The molecule has 2 amide bonds. The Labute approximate surface area is 129 Å². The first-order valence-electron chi connectivity index (χ1n) is 7.29. The third kappa shape index (κ3) is 4.44. The predicted octanol–water partition coefficient (Wildman–Crippen LogP) is 2.56. The van der Waals surface area contributed by atoms with E-state index in [2.05, 4.69) is 5.32 Å². The number of halogens is 1. The monoisotopic (exact) mass is 308 g/mol. The number of benzene rings is 1. The molecular formula is C16H21FN2O3. The van der Waals surface area contributed by atoms with Crippen LogP contribution in [0.4, 0.5) is 9.18 Å². The van der Waals surface area contributed by atoms with Gasteiger partial charge in [0.1, 0.15) is 11.4 Å². The Morgan fingerprint density at radius 2 is 1.91 bits per heavy atom. The van der Waals surface area contributed by atoms with E-state index in [0.29, 0.717) is 25.1 Å². The number of hydrogen-bond acceptors (Lipinski definition) is 3. The minimum absolute atomic E-state index is 0.126. The summed E-state index contributed by atoms with van der Waals surface area (Å²) in [6, 6.07) is 5.33. The SMILES string of the molecule is CC(C)(C)OC(=O)N[C@H]1CCN(C(=O)c2ccc(F)cc2)C1. The van der Waals surface area contributed by atoms with Gasteiger partial charge in [-0.25, -0.2) is 9.18 Å². The molecule has 6 heteroatoms. The Bertz CT molecular complexity index is 552. The highest BCUT2D eigenvalue weighted by atomic mass is 19.1. The number of likely N-dealkylation sites (tertiary alicyclic amines) is 1. The molecule has 0 bridgehead atoms. The zero-order valence-electron chi connectivity index (χ0n) is 13.1. The number of carbonyl (C=O) groups is 2. The zero-order chi connectivity index (χ0) is 16.3. The average molecular weight is 308 g/mol. The van der Waals surface area contributed by atoms with Crippen LogP contribution in [-0.4, -0.2) is 41.6 Å². The molecule has 1 aliphatic rings. The van der Waals surface area contributed by atoms with Crippen LogP contribution >= 0.6 is 0 Å². The van der Waals surface area contributed by atoms with Gasteiger partial charge in [0.25, 0.3) is 5.91 Å². The van der Waals surface area contributed by atoms with Crippen LogP contribution in [-0.2, 0) is 4.74 Å². The number of nitrogens with zero attached hydrogens (tertiary/aromatic N) is 1. The van der Waals surface area contributed by atoms with Crippen molar-refractivity contribution in [1.82, 2.24) is 10.2 Å². The van der Waals surface area contributed by atoms with E-state index in [9.17, 15) is 14.0 Å². The molecule has 1 aliphatic heterocycles. The van der Waals surface area contributed by atoms with E-state index >= 15 is 0 Å². The van der Waals surface area contributed by atoms with Gasteiger partial charge < -0.3 is 15.0 Å². The van der Waals surface area contributed by atoms with E-state index in [1.54, 1.807) is 25.7 Å². The van der Waals surface area contributed by atoms with Crippen LogP contribution in [0, 0.1) is 5.82 Å². The molecule has 1 aromatic rings. The Balaban J connectivity index is 1.88. The average Bonchev–Trinajstić information content (AvgIpc) is 2.85. The van der Waals surface area contributed by atoms with Gasteiger partial charge in [0, 0.05) is 18.7 Å². The van der Waals surface area contributed by atoms with Crippen LogP contribution in [0.15, 0.2) is 24.3 Å². The van der Waals surface area contributed by atoms with Gasteiger partial charge in [-0.2, -0.15) is 0 Å². The molecule has 0 aliphatic carbocycles. The van der Waals surface area contributed by atoms with Gasteiger partial charge in [-0.1, -0.05) is 0 Å². The van der Waals surface area contributed by atoms with Gasteiger partial charge in [-0.15, -0.1) is 0 Å². The Kier molecular flexibility index (Phi) is 4.68. The molecule has 5 nitrogen and oxygen atoms in total. The summed E-state index contributed by atoms with van der Waals surface area (Å²) in [4.78, 5) is 25.6. The standard InChI is InChI=1S/C16H21FN2O3/c1-16(2,3)22-15(21)18-13-8-9-19(10-13)14(20)11-4-6-12(17)7-5-11/h4-7,13H,8-10H2,1-3H3,(H,18,21)/t13-/m0/s1. The van der Waals surface area contributed by atoms with E-state index in [0.717, 1.165) is 0 Å². The number of alkyl carbamates (subject to hydrolysis) is 1. The number of nitrogens with one attached hydrogen (secondary N) is 1. The highest BCUT2D eigenvalue weighted by molar-refractivity contribution is 5.94. The van der Waals surface area contributed by atoms with Crippen molar-refractivity contribution in [2.45, 2.75) is 38.8 Å². The van der Waals surface area contributed by atoms with Crippen molar-refractivity contribution in [2.75, 3.05) is 13.1 Å². The molecule has 120 valence electrons.